The summed E-state index contributed by atoms with van der Waals surface area (Å²) in [6.07, 6.45) is 1.37. The van der Waals surface area contributed by atoms with Gasteiger partial charge >= 0.3 is 0 Å². The van der Waals surface area contributed by atoms with E-state index in [1.807, 2.05) is 12.1 Å². The molecule has 1 fully saturated rings. The fraction of sp³-hybridized carbons (Fsp3) is 0.353. The summed E-state index contributed by atoms with van der Waals surface area (Å²) in [6.45, 7) is 1.15. The minimum absolute atomic E-state index is 0.00885. The summed E-state index contributed by atoms with van der Waals surface area (Å²) in [4.78, 5) is 26.0. The average Bonchev–Trinajstić information content (AvgIpc) is 3.11. The van der Waals surface area contributed by atoms with E-state index in [0.717, 1.165) is 5.56 Å². The zero-order chi connectivity index (χ0) is 17.1. The number of nitrogens with zero attached hydrogens (tertiary/aromatic N) is 2. The third-order valence-corrected chi connectivity index (χ3v) is 4.60. The Morgan fingerprint density at radius 1 is 1.25 bits per heavy atom. The number of likely N-dealkylation sites (tertiary alicyclic amines) is 1. The van der Waals surface area contributed by atoms with Crippen LogP contribution in [0.15, 0.2) is 30.3 Å². The molecule has 0 aliphatic carbocycles. The molecule has 1 aromatic heterocycles. The van der Waals surface area contributed by atoms with Gasteiger partial charge in [0, 0.05) is 36.6 Å². The maximum Gasteiger partial charge on any atom is 0.271 e. The first-order chi connectivity index (χ1) is 11.6. The second-order valence-corrected chi connectivity index (χ2v) is 6.29. The maximum atomic E-state index is 12.6. The van der Waals surface area contributed by atoms with Crippen molar-refractivity contribution in [1.29, 1.82) is 0 Å². The molecule has 2 N–H and O–H groups in total. The van der Waals surface area contributed by atoms with Crippen molar-refractivity contribution in [1.82, 2.24) is 20.4 Å². The van der Waals surface area contributed by atoms with Crippen molar-refractivity contribution in [2.75, 3.05) is 20.1 Å². The fourth-order valence-electron chi connectivity index (χ4n) is 2.92. The Kier molecular flexibility index (Phi) is 4.85. The van der Waals surface area contributed by atoms with Crippen LogP contribution in [0.2, 0.25) is 5.02 Å². The Bertz CT molecular complexity index is 733. The monoisotopic (exact) mass is 346 g/mol. The normalized spacial score (nSPS) is 15.3. The Labute approximate surface area is 145 Å². The highest BCUT2D eigenvalue weighted by Crippen LogP contribution is 2.22. The molecule has 0 spiro atoms. The van der Waals surface area contributed by atoms with E-state index in [1.165, 1.54) is 0 Å². The second kappa shape index (κ2) is 7.05. The van der Waals surface area contributed by atoms with Gasteiger partial charge in [0.15, 0.2) is 0 Å². The van der Waals surface area contributed by atoms with E-state index < -0.39 is 0 Å². The van der Waals surface area contributed by atoms with Crippen LogP contribution in [0.1, 0.15) is 23.3 Å². The van der Waals surface area contributed by atoms with Crippen molar-refractivity contribution < 1.29 is 9.59 Å². The minimum Gasteiger partial charge on any atom is -0.359 e. The number of H-pyrrole nitrogens is 1. The summed E-state index contributed by atoms with van der Waals surface area (Å²) in [5, 5.41) is 10.3. The second-order valence-electron chi connectivity index (χ2n) is 5.85. The predicted molar refractivity (Wildman–Crippen MR) is 91.7 cm³/mol. The number of nitrogens with one attached hydrogen (secondary N) is 2. The Morgan fingerprint density at radius 3 is 2.54 bits per heavy atom. The van der Waals surface area contributed by atoms with Crippen LogP contribution < -0.4 is 5.32 Å². The number of halogens is 1. The molecule has 0 bridgehead atoms. The Balaban J connectivity index is 1.66. The Hall–Kier alpha value is -2.34. The van der Waals surface area contributed by atoms with Gasteiger partial charge in [-0.3, -0.25) is 14.7 Å². The predicted octanol–water partition coefficient (Wildman–Crippen LogP) is 2.33. The molecule has 1 saturated heterocycles. The van der Waals surface area contributed by atoms with Crippen LogP contribution in [0.5, 0.6) is 0 Å². The van der Waals surface area contributed by atoms with Gasteiger partial charge in [0.05, 0.1) is 5.69 Å². The molecule has 2 aromatic rings. The molecule has 24 heavy (non-hydrogen) atoms. The van der Waals surface area contributed by atoms with E-state index in [2.05, 4.69) is 15.5 Å². The van der Waals surface area contributed by atoms with Gasteiger partial charge < -0.3 is 10.2 Å². The fourth-order valence-corrected chi connectivity index (χ4v) is 3.05. The van der Waals surface area contributed by atoms with Gasteiger partial charge in [-0.25, -0.2) is 0 Å². The molecule has 1 aliphatic rings. The van der Waals surface area contributed by atoms with Crippen molar-refractivity contribution in [3.8, 4) is 11.3 Å². The number of aromatic amines is 1. The molecule has 2 heterocycles. The summed E-state index contributed by atoms with van der Waals surface area (Å²) in [5.41, 5.74) is 2.06. The van der Waals surface area contributed by atoms with Crippen LogP contribution in [0.4, 0.5) is 0 Å². The van der Waals surface area contributed by atoms with E-state index >= 15 is 0 Å². The molecule has 7 heteroatoms. The number of hydrogen-bond acceptors (Lipinski definition) is 3. The third-order valence-electron chi connectivity index (χ3n) is 4.35. The number of aromatic nitrogens is 2. The number of amides is 2. The molecule has 2 amide bonds. The van der Waals surface area contributed by atoms with Gasteiger partial charge in [0.2, 0.25) is 5.91 Å². The van der Waals surface area contributed by atoms with Gasteiger partial charge in [0.1, 0.15) is 5.69 Å². The number of benzene rings is 1. The molecule has 0 unspecified atom stereocenters. The number of carbonyl (C=O) groups excluding carboxylic acids is 2. The summed E-state index contributed by atoms with van der Waals surface area (Å²) in [7, 11) is 1.64. The first kappa shape index (κ1) is 16.5. The summed E-state index contributed by atoms with van der Waals surface area (Å²) in [5.74, 6) is -0.0443. The van der Waals surface area contributed by atoms with Crippen molar-refractivity contribution in [3.05, 3.63) is 41.0 Å². The van der Waals surface area contributed by atoms with E-state index in [1.54, 1.807) is 30.1 Å². The smallest absolute Gasteiger partial charge is 0.271 e. The summed E-state index contributed by atoms with van der Waals surface area (Å²) >= 11 is 5.88. The van der Waals surface area contributed by atoms with Crippen LogP contribution in [0.25, 0.3) is 11.3 Å². The topological polar surface area (TPSA) is 78.1 Å². The summed E-state index contributed by atoms with van der Waals surface area (Å²) < 4.78 is 0. The molecule has 126 valence electrons. The van der Waals surface area contributed by atoms with Crippen LogP contribution >= 0.6 is 11.6 Å². The van der Waals surface area contributed by atoms with E-state index in [9.17, 15) is 9.59 Å². The number of piperidine rings is 1. The van der Waals surface area contributed by atoms with Gasteiger partial charge in [-0.1, -0.05) is 23.7 Å². The van der Waals surface area contributed by atoms with Crippen molar-refractivity contribution in [3.63, 3.8) is 0 Å². The zero-order valence-electron chi connectivity index (χ0n) is 13.4. The van der Waals surface area contributed by atoms with Gasteiger partial charge in [0.25, 0.3) is 5.91 Å². The van der Waals surface area contributed by atoms with Gasteiger partial charge in [-0.2, -0.15) is 5.10 Å². The number of rotatable bonds is 3. The number of carbonyl (C=O) groups is 2. The molecule has 0 atom stereocenters. The highest BCUT2D eigenvalue weighted by atomic mass is 35.5. The molecule has 6 nitrogen and oxygen atoms in total. The van der Waals surface area contributed by atoms with E-state index in [0.29, 0.717) is 42.3 Å². The third kappa shape index (κ3) is 3.43. The quantitative estimate of drug-likeness (QED) is 0.895. The molecule has 3 rings (SSSR count). The lowest BCUT2D eigenvalue weighted by Gasteiger charge is -2.30. The van der Waals surface area contributed by atoms with Crippen molar-refractivity contribution >= 4 is 23.4 Å². The first-order valence-electron chi connectivity index (χ1n) is 7.90. The van der Waals surface area contributed by atoms with Crippen LogP contribution in [-0.4, -0.2) is 47.0 Å². The lowest BCUT2D eigenvalue weighted by atomic mass is 9.96. The molecule has 1 aliphatic heterocycles. The standard InChI is InChI=1S/C17H19ClN4O2/c1-19-16(23)12-6-8-22(9-7-12)17(24)15-10-14(20-21-15)11-2-4-13(18)5-3-11/h2-5,10,12H,6-9H2,1H3,(H,19,23)(H,20,21). The van der Waals surface area contributed by atoms with Gasteiger partial charge in [-0.05, 0) is 31.0 Å². The van der Waals surface area contributed by atoms with Crippen LogP contribution in [0.3, 0.4) is 0 Å². The molecular weight excluding hydrogens is 328 g/mol. The van der Waals surface area contributed by atoms with Crippen molar-refractivity contribution in [2.24, 2.45) is 5.92 Å². The highest BCUT2D eigenvalue weighted by Gasteiger charge is 2.28. The summed E-state index contributed by atoms with van der Waals surface area (Å²) in [6, 6.07) is 9.05. The lowest BCUT2D eigenvalue weighted by molar-refractivity contribution is -0.125. The molecular formula is C17H19ClN4O2. The lowest BCUT2D eigenvalue weighted by Crippen LogP contribution is -2.42. The average molecular weight is 347 g/mol. The number of hydrogen-bond donors (Lipinski definition) is 2. The largest absolute Gasteiger partial charge is 0.359 e. The molecule has 1 aromatic carbocycles. The van der Waals surface area contributed by atoms with E-state index in [-0.39, 0.29) is 17.7 Å². The van der Waals surface area contributed by atoms with Gasteiger partial charge in [-0.15, -0.1) is 0 Å². The van der Waals surface area contributed by atoms with E-state index in [4.69, 9.17) is 11.6 Å². The minimum atomic E-state index is -0.0851. The highest BCUT2D eigenvalue weighted by molar-refractivity contribution is 6.30. The van der Waals surface area contributed by atoms with Crippen LogP contribution in [-0.2, 0) is 4.79 Å². The maximum absolute atomic E-state index is 12.6. The zero-order valence-corrected chi connectivity index (χ0v) is 14.1. The van der Waals surface area contributed by atoms with Crippen molar-refractivity contribution in [2.45, 2.75) is 12.8 Å². The first-order valence-corrected chi connectivity index (χ1v) is 8.28. The van der Waals surface area contributed by atoms with Crippen LogP contribution in [0, 0.1) is 5.92 Å². The Morgan fingerprint density at radius 2 is 1.92 bits per heavy atom. The molecule has 0 radical (unpaired) electrons. The molecule has 0 saturated carbocycles. The SMILES string of the molecule is CNC(=O)C1CCN(C(=O)c2cc(-c3ccc(Cl)cc3)n[nH]2)CC1.